The van der Waals surface area contributed by atoms with E-state index >= 15 is 0 Å². The number of carbonyl (C=O) groups excluding carboxylic acids is 1. The Morgan fingerprint density at radius 3 is 1.18 bits per heavy atom. The maximum atomic E-state index is 11.8. The van der Waals surface area contributed by atoms with Crippen LogP contribution in [0.4, 0.5) is 0 Å². The van der Waals surface area contributed by atoms with Gasteiger partial charge in [-0.25, -0.2) is 0 Å². The number of methoxy groups -OCH3 is 1. The normalized spacial score (nSPS) is 12.0. The molecule has 20 heterocycles. The number of unbranched alkanes of at least 4 members (excludes halogenated alkanes) is 5. The number of aliphatic hydroxyl groups excluding tert-OH is 1. The van der Waals surface area contributed by atoms with Crippen molar-refractivity contribution in [3.8, 4) is 5.06 Å². The number of hydrogen-bond acceptors (Lipinski definition) is 23. The van der Waals surface area contributed by atoms with E-state index in [1.54, 1.807) is 91.3 Å². The van der Waals surface area contributed by atoms with E-state index in [4.69, 9.17) is 27.9 Å². The molecule has 1 unspecified atom stereocenters. The molecule has 0 saturated carbocycles. The molecule has 0 spiro atoms. The van der Waals surface area contributed by atoms with Crippen LogP contribution in [0.2, 0.25) is 0 Å². The summed E-state index contributed by atoms with van der Waals surface area (Å²) in [6.45, 7) is 11.2. The highest BCUT2D eigenvalue weighted by Crippen LogP contribution is 2.52. The van der Waals surface area contributed by atoms with Gasteiger partial charge >= 0.3 is 0 Å². The summed E-state index contributed by atoms with van der Waals surface area (Å²) in [5.41, 5.74) is 0.918. The van der Waals surface area contributed by atoms with Crippen LogP contribution >= 0.6 is 298 Å². The highest BCUT2D eigenvalue weighted by molar-refractivity contribution is 9.11. The molecule has 1 atom stereocenters. The molecule has 0 aliphatic rings. The van der Waals surface area contributed by atoms with Gasteiger partial charge in [-0.15, -0.1) is 239 Å². The van der Waals surface area contributed by atoms with Crippen molar-refractivity contribution >= 4 is 472 Å². The van der Waals surface area contributed by atoms with Crippen LogP contribution in [-0.2, 0) is 44.9 Å². The number of alkyl halides is 2. The smallest absolute Gasteiger partial charge is 0.174 e. The molecule has 0 fully saturated rings. The molecule has 702 valence electrons. The number of aliphatic hydroxyl groups is 1. The fourth-order valence-corrected chi connectivity index (χ4v) is 42.1. The molecule has 6 aromatic carbocycles. The van der Waals surface area contributed by atoms with Crippen LogP contribution in [0.1, 0.15) is 176 Å². The van der Waals surface area contributed by atoms with E-state index in [0.29, 0.717) is 0 Å². The molecule has 28 heteroatoms. The Morgan fingerprint density at radius 1 is 0.328 bits per heavy atom. The molecule has 0 amide bonds. The zero-order chi connectivity index (χ0) is 93.4. The molecular weight excluding hydrogens is 2310 g/mol. The van der Waals surface area contributed by atoms with Crippen LogP contribution in [0, 0.1) is 0 Å². The monoisotopic (exact) mass is 2400 g/mol. The number of aryl methyl sites for hydroxylation is 5. The van der Waals surface area contributed by atoms with Gasteiger partial charge in [-0.1, -0.05) is 85.5 Å². The Kier molecular flexibility index (Phi) is 33.8. The summed E-state index contributed by atoms with van der Waals surface area (Å²) in [4.78, 5) is 26.8. The summed E-state index contributed by atoms with van der Waals surface area (Å²) >= 11 is 57.8. The number of hydrogen-bond donors (Lipinski definition) is 1. The Morgan fingerprint density at radius 2 is 0.701 bits per heavy atom. The van der Waals surface area contributed by atoms with Gasteiger partial charge in [0.15, 0.2) is 11.3 Å². The molecule has 0 aliphatic carbocycles. The fraction of sp³-hybridized carbons (Fsp3) is 0.239. The van der Waals surface area contributed by atoms with Crippen molar-refractivity contribution in [1.29, 1.82) is 0 Å². The first kappa shape index (κ1) is 101. The van der Waals surface area contributed by atoms with E-state index in [9.17, 15) is 9.90 Å². The van der Waals surface area contributed by atoms with Crippen molar-refractivity contribution in [1.82, 2.24) is 0 Å². The van der Waals surface area contributed by atoms with E-state index < -0.39 is 6.10 Å². The lowest BCUT2D eigenvalue weighted by Crippen LogP contribution is -1.94. The summed E-state index contributed by atoms with van der Waals surface area (Å²) in [6, 6.07) is 59.5. The minimum atomic E-state index is -0.571. The Hall–Kier alpha value is -4.81. The number of fused-ring (bicyclic) bond motifs is 19. The van der Waals surface area contributed by atoms with Crippen molar-refractivity contribution in [3.05, 3.63) is 263 Å². The van der Waals surface area contributed by atoms with Crippen molar-refractivity contribution in [2.75, 3.05) is 12.4 Å². The largest absolute Gasteiger partial charge is 0.487 e. The van der Waals surface area contributed by atoms with Gasteiger partial charge in [0, 0.05) is 178 Å². The summed E-state index contributed by atoms with van der Waals surface area (Å²) in [6.07, 6.45) is 21.0. The van der Waals surface area contributed by atoms with E-state index in [1.165, 1.54) is 299 Å². The second kappa shape index (κ2) is 45.9. The van der Waals surface area contributed by atoms with E-state index in [0.717, 1.165) is 56.8 Å². The van der Waals surface area contributed by atoms with Crippen LogP contribution in [0.3, 0.4) is 0 Å². The van der Waals surface area contributed by atoms with Crippen molar-refractivity contribution < 1.29 is 14.6 Å². The SMILES string of the molecule is C.CCCCc1cc2sc(C(O)c3cc4cc5sccc5cc4s3)c(Br)c2s1.CCCCc1cc2sc(Cc3cc4cc5sccc5cc4s3)c(Br)c2s1.CCCCc1cc2sc(Cc3cc4cc5sccc5cc4s3)c(C=O)c2s1.CCCCc1cc2sc3cc4sc5cc6ccsc6cc5c4cc3c2s1.CCCCc1cc2scc(Br)c2s1.COc1cc2cc3sccc3cc2s1.ClCCl. The first-order chi connectivity index (χ1) is 66.5. The van der Waals surface area contributed by atoms with Crippen LogP contribution in [0.25, 0.3) is 168 Å². The van der Waals surface area contributed by atoms with Gasteiger partial charge in [0.05, 0.1) is 45.3 Å². The molecule has 3 nitrogen and oxygen atoms in total. The van der Waals surface area contributed by atoms with E-state index in [-0.39, 0.29) is 12.8 Å². The Labute approximate surface area is 911 Å². The molecule has 26 rings (SSSR count). The minimum Gasteiger partial charge on any atom is -0.487 e. The summed E-state index contributed by atoms with van der Waals surface area (Å²) < 4.78 is 39.0. The van der Waals surface area contributed by atoms with Gasteiger partial charge in [-0.3, -0.25) is 4.79 Å². The maximum Gasteiger partial charge on any atom is 0.174 e. The number of ether oxygens (including phenoxy) is 1. The fourth-order valence-electron chi connectivity index (χ4n) is 16.9. The Bertz CT molecular complexity index is 8500. The third kappa shape index (κ3) is 22.2. The zero-order valence-electron chi connectivity index (χ0n) is 74.7. The van der Waals surface area contributed by atoms with Crippen LogP contribution < -0.4 is 4.74 Å². The van der Waals surface area contributed by atoms with Crippen LogP contribution in [0.15, 0.2) is 203 Å². The standard InChI is InChI=1S/C22H18OS4.C22H16S4.C21H17BrOS4.C21H17BrS4.C11H8OS2.C10H11BrS2.CH2Cl2.CH4/c1-2-3-4-15-10-21-22(26-15)17(12-23)20(27-21)11-16-7-14-9-18-13(5-6-24-18)8-19(14)25-16;1-2-3-4-13-8-21-22(24-13)16-9-14-15-10-17-12(5-6-23-17)7-18(15)25-19(14)11-20(16)26-21;1-2-3-4-13-10-17-20(25-13)18(22)21(27-17)19(23)16-9-12-8-14-11(5-6-24-14)7-15(12)26-16;1-2-3-4-14-10-19-21(25-14)20(22)18(26-19)11-15-7-13-9-16-12(5-6-23-16)8-17(13)24-15;1-12-11-6-8-5-9-7(2-3-13-9)4-10(8)14-11;1-2-3-4-7-5-9-10(13-7)8(11)6-12-9;2-1-3;/h5-10,12H,2-4,11H2,1H3;5-11H,2-4H2,1H3;5-10,19,23H,2-4H2,1H3;5-10H,2-4,11H2,1H3;2-6H,1H3;5-6H,2-4H2,1H3;1H2;1H4. The highest BCUT2D eigenvalue weighted by atomic mass is 79.9. The number of carbonyl (C=O) groups is 1. The number of rotatable bonds is 23. The second-order valence-electron chi connectivity index (χ2n) is 33.3. The first-order valence-corrected chi connectivity index (χ1v) is 65.3. The second-order valence-corrected chi connectivity index (χ2v) is 57.9. The lowest BCUT2D eigenvalue weighted by molar-refractivity contribution is 0.112. The van der Waals surface area contributed by atoms with Gasteiger partial charge in [-0.05, 0) is 345 Å². The van der Waals surface area contributed by atoms with Crippen molar-refractivity contribution in [2.45, 2.75) is 157 Å². The highest BCUT2D eigenvalue weighted by Gasteiger charge is 2.25. The molecule has 1 N–H and O–H groups in total. The number of halogens is 5. The summed E-state index contributed by atoms with van der Waals surface area (Å²) in [7, 11) is 1.72. The van der Waals surface area contributed by atoms with Gasteiger partial charge in [0.2, 0.25) is 0 Å². The van der Waals surface area contributed by atoms with Crippen molar-refractivity contribution in [2.24, 2.45) is 0 Å². The van der Waals surface area contributed by atoms with Gasteiger partial charge < -0.3 is 9.84 Å². The molecule has 26 aromatic rings. The van der Waals surface area contributed by atoms with Gasteiger partial charge in [0.1, 0.15) is 6.10 Å². The number of thiophene rings is 20. The average molecular weight is 2400 g/mol. The average Bonchev–Trinajstić information content (AvgIpc) is 1.58. The lowest BCUT2D eigenvalue weighted by Gasteiger charge is -2.06. The Balaban J connectivity index is 0.000000106. The van der Waals surface area contributed by atoms with Gasteiger partial charge in [0.25, 0.3) is 0 Å². The molecule has 137 heavy (non-hydrogen) atoms. The van der Waals surface area contributed by atoms with Gasteiger partial charge in [-0.2, -0.15) is 0 Å². The maximum absolute atomic E-state index is 11.8. The summed E-state index contributed by atoms with van der Waals surface area (Å²) in [5.74, 6) is 0. The first-order valence-electron chi connectivity index (χ1n) is 45.2. The van der Waals surface area contributed by atoms with E-state index in [2.05, 4.69) is 272 Å². The number of aldehydes is 1. The topological polar surface area (TPSA) is 46.5 Å². The third-order valence-electron chi connectivity index (χ3n) is 23.8. The molecule has 0 aliphatic heterocycles. The molecule has 20 aromatic heterocycles. The molecule has 0 radical (unpaired) electrons. The summed E-state index contributed by atoms with van der Waals surface area (Å²) in [5, 5.41) is 41.4. The van der Waals surface area contributed by atoms with Crippen LogP contribution in [-0.4, -0.2) is 23.8 Å². The quantitative estimate of drug-likeness (QED) is 0.0513. The van der Waals surface area contributed by atoms with Crippen LogP contribution in [0.5, 0.6) is 5.06 Å². The van der Waals surface area contributed by atoms with Crippen molar-refractivity contribution in [3.63, 3.8) is 0 Å². The van der Waals surface area contributed by atoms with E-state index in [1.807, 2.05) is 147 Å². The lowest BCUT2D eigenvalue weighted by atomic mass is 10.1. The molecule has 0 saturated heterocycles. The third-order valence-corrected chi connectivity index (χ3v) is 49.9. The predicted octanol–water partition coefficient (Wildman–Crippen LogP) is 46.1. The molecule has 0 bridgehead atoms. The minimum absolute atomic E-state index is 0. The number of benzene rings is 6. The molecular formula is C109H93Br3Cl2O3S20. The zero-order valence-corrected chi connectivity index (χ0v) is 97.3. The predicted molar refractivity (Wildman–Crippen MR) is 654 cm³/mol.